The molecule has 0 radical (unpaired) electrons. The van der Waals surface area contributed by atoms with Crippen molar-refractivity contribution < 1.29 is 17.5 Å². The first-order valence-corrected chi connectivity index (χ1v) is 9.62. The highest BCUT2D eigenvalue weighted by Crippen LogP contribution is 2.40. The fourth-order valence-electron chi connectivity index (χ4n) is 3.04. The molecule has 1 aliphatic heterocycles. The molecule has 3 rings (SSSR count). The van der Waals surface area contributed by atoms with Gasteiger partial charge < -0.3 is 10.5 Å². The summed E-state index contributed by atoms with van der Waals surface area (Å²) in [6.45, 7) is 3.82. The maximum Gasteiger partial charge on any atom is 0.216 e. The topological polar surface area (TPSA) is 81.4 Å². The predicted octanol–water partition coefficient (Wildman–Crippen LogP) is 3.13. The van der Waals surface area contributed by atoms with Gasteiger partial charge in [-0.05, 0) is 49.7 Å². The third-order valence-corrected chi connectivity index (χ3v) is 5.44. The lowest BCUT2D eigenvalue weighted by Crippen LogP contribution is -2.41. The average molecular weight is 364 g/mol. The van der Waals surface area contributed by atoms with Crippen LogP contribution in [0.4, 0.5) is 10.1 Å². The Morgan fingerprint density at radius 2 is 1.92 bits per heavy atom. The van der Waals surface area contributed by atoms with Gasteiger partial charge in [-0.25, -0.2) is 17.5 Å². The van der Waals surface area contributed by atoms with Gasteiger partial charge in [0.1, 0.15) is 17.2 Å². The van der Waals surface area contributed by atoms with Gasteiger partial charge in [-0.15, -0.1) is 0 Å². The Bertz CT molecular complexity index is 880. The number of nitrogens with one attached hydrogen (secondary N) is 1. The van der Waals surface area contributed by atoms with Crippen LogP contribution in [0.5, 0.6) is 5.75 Å². The number of benzene rings is 2. The number of fused-ring (bicyclic) bond motifs is 1. The SMILES string of the molecule is CC1(C)CC(NS(=O)(=O)Cc2ccc(F)cc2)c2cc(N)ccc2O1. The van der Waals surface area contributed by atoms with Crippen LogP contribution in [-0.2, 0) is 15.8 Å². The number of nitrogen functional groups attached to an aromatic ring is 1. The Kier molecular flexibility index (Phi) is 4.47. The predicted molar refractivity (Wildman–Crippen MR) is 95.1 cm³/mol. The summed E-state index contributed by atoms with van der Waals surface area (Å²) in [5.74, 6) is 0.00697. The second-order valence-electron chi connectivity index (χ2n) is 6.92. The van der Waals surface area contributed by atoms with Gasteiger partial charge in [-0.2, -0.15) is 0 Å². The second-order valence-corrected chi connectivity index (χ2v) is 8.67. The van der Waals surface area contributed by atoms with Crippen molar-refractivity contribution in [2.75, 3.05) is 5.73 Å². The van der Waals surface area contributed by atoms with E-state index in [1.54, 1.807) is 18.2 Å². The molecule has 1 atom stereocenters. The first-order valence-electron chi connectivity index (χ1n) is 7.96. The minimum absolute atomic E-state index is 0.220. The molecule has 3 N–H and O–H groups in total. The molecule has 7 heteroatoms. The molecular weight excluding hydrogens is 343 g/mol. The average Bonchev–Trinajstić information content (AvgIpc) is 2.49. The fourth-order valence-corrected chi connectivity index (χ4v) is 4.40. The van der Waals surface area contributed by atoms with E-state index in [0.717, 1.165) is 5.56 Å². The van der Waals surface area contributed by atoms with Crippen molar-refractivity contribution in [3.63, 3.8) is 0 Å². The molecule has 1 heterocycles. The molecule has 134 valence electrons. The molecule has 0 saturated heterocycles. The molecule has 0 saturated carbocycles. The smallest absolute Gasteiger partial charge is 0.216 e. The molecule has 5 nitrogen and oxygen atoms in total. The molecule has 2 aromatic rings. The zero-order chi connectivity index (χ0) is 18.2. The van der Waals surface area contributed by atoms with E-state index in [2.05, 4.69) is 4.72 Å². The first-order chi connectivity index (χ1) is 11.6. The zero-order valence-electron chi connectivity index (χ0n) is 14.1. The summed E-state index contributed by atoms with van der Waals surface area (Å²) in [6, 6.07) is 10.2. The molecule has 1 aliphatic rings. The van der Waals surface area contributed by atoms with Gasteiger partial charge in [-0.3, -0.25) is 0 Å². The largest absolute Gasteiger partial charge is 0.487 e. The highest BCUT2D eigenvalue weighted by atomic mass is 32.2. The highest BCUT2D eigenvalue weighted by Gasteiger charge is 2.35. The molecule has 0 amide bonds. The summed E-state index contributed by atoms with van der Waals surface area (Å²) in [5.41, 5.74) is 7.13. The van der Waals surface area contributed by atoms with Crippen LogP contribution < -0.4 is 15.2 Å². The normalized spacial score (nSPS) is 19.1. The van der Waals surface area contributed by atoms with Crippen LogP contribution in [0, 0.1) is 5.82 Å². The van der Waals surface area contributed by atoms with Crippen molar-refractivity contribution in [3.8, 4) is 5.75 Å². The maximum atomic E-state index is 13.0. The van der Waals surface area contributed by atoms with Gasteiger partial charge >= 0.3 is 0 Å². The number of halogens is 1. The summed E-state index contributed by atoms with van der Waals surface area (Å²) in [6.07, 6.45) is 0.478. The van der Waals surface area contributed by atoms with Crippen LogP contribution in [0.3, 0.4) is 0 Å². The number of nitrogens with two attached hydrogens (primary N) is 1. The standard InChI is InChI=1S/C18H21FN2O3S/c1-18(2)10-16(15-9-14(20)7-8-17(15)24-18)21-25(22,23)11-12-3-5-13(19)6-4-12/h3-9,16,21H,10-11,20H2,1-2H3. The van der Waals surface area contributed by atoms with Crippen molar-refractivity contribution in [1.82, 2.24) is 4.72 Å². The van der Waals surface area contributed by atoms with Gasteiger partial charge in [-0.1, -0.05) is 12.1 Å². The highest BCUT2D eigenvalue weighted by molar-refractivity contribution is 7.88. The molecule has 0 aliphatic carbocycles. The van der Waals surface area contributed by atoms with E-state index in [-0.39, 0.29) is 5.75 Å². The van der Waals surface area contributed by atoms with E-state index in [1.165, 1.54) is 24.3 Å². The Hall–Kier alpha value is -2.12. The Labute approximate surface area is 147 Å². The number of rotatable bonds is 4. The molecule has 1 unspecified atom stereocenters. The van der Waals surface area contributed by atoms with E-state index < -0.39 is 27.5 Å². The zero-order valence-corrected chi connectivity index (χ0v) is 14.9. The maximum absolute atomic E-state index is 13.0. The van der Waals surface area contributed by atoms with Gasteiger partial charge in [0.05, 0.1) is 11.8 Å². The van der Waals surface area contributed by atoms with Crippen LogP contribution in [0.1, 0.15) is 37.4 Å². The third kappa shape index (κ3) is 4.29. The number of sulfonamides is 1. The van der Waals surface area contributed by atoms with Crippen LogP contribution in [0.15, 0.2) is 42.5 Å². The van der Waals surface area contributed by atoms with Gasteiger partial charge in [0.25, 0.3) is 0 Å². The van der Waals surface area contributed by atoms with Gasteiger partial charge in [0.2, 0.25) is 10.0 Å². The van der Waals surface area contributed by atoms with Crippen LogP contribution in [0.25, 0.3) is 0 Å². The lowest BCUT2D eigenvalue weighted by atomic mass is 9.90. The molecular formula is C18H21FN2O3S. The summed E-state index contributed by atoms with van der Waals surface area (Å²) >= 11 is 0. The summed E-state index contributed by atoms with van der Waals surface area (Å²) in [7, 11) is -3.62. The summed E-state index contributed by atoms with van der Waals surface area (Å²) < 4.78 is 46.8. The van der Waals surface area contributed by atoms with Gasteiger partial charge in [0, 0.05) is 17.7 Å². The molecule has 0 fully saturated rings. The van der Waals surface area contributed by atoms with Crippen molar-refractivity contribution in [3.05, 3.63) is 59.4 Å². The van der Waals surface area contributed by atoms with E-state index in [0.29, 0.717) is 23.4 Å². The number of anilines is 1. The minimum atomic E-state index is -3.62. The van der Waals surface area contributed by atoms with E-state index >= 15 is 0 Å². The van der Waals surface area contributed by atoms with Crippen molar-refractivity contribution >= 4 is 15.7 Å². The van der Waals surface area contributed by atoms with Gasteiger partial charge in [0.15, 0.2) is 0 Å². The lowest BCUT2D eigenvalue weighted by Gasteiger charge is -2.37. The molecule has 25 heavy (non-hydrogen) atoms. The Morgan fingerprint density at radius 3 is 2.60 bits per heavy atom. The van der Waals surface area contributed by atoms with Crippen molar-refractivity contribution in [1.29, 1.82) is 0 Å². The first kappa shape index (κ1) is 17.7. The monoisotopic (exact) mass is 364 g/mol. The van der Waals surface area contributed by atoms with E-state index in [4.69, 9.17) is 10.5 Å². The summed E-state index contributed by atoms with van der Waals surface area (Å²) in [4.78, 5) is 0. The van der Waals surface area contributed by atoms with E-state index in [1.807, 2.05) is 13.8 Å². The quantitative estimate of drug-likeness (QED) is 0.817. The Morgan fingerprint density at radius 1 is 1.24 bits per heavy atom. The Balaban J connectivity index is 1.86. The van der Waals surface area contributed by atoms with Crippen molar-refractivity contribution in [2.45, 2.75) is 37.7 Å². The van der Waals surface area contributed by atoms with E-state index in [9.17, 15) is 12.8 Å². The molecule has 0 spiro atoms. The minimum Gasteiger partial charge on any atom is -0.487 e. The molecule has 0 bridgehead atoms. The van der Waals surface area contributed by atoms with Crippen LogP contribution >= 0.6 is 0 Å². The van der Waals surface area contributed by atoms with Crippen LogP contribution in [0.2, 0.25) is 0 Å². The number of hydrogen-bond donors (Lipinski definition) is 2. The number of hydrogen-bond acceptors (Lipinski definition) is 4. The summed E-state index contributed by atoms with van der Waals surface area (Å²) in [5, 5.41) is 0. The second kappa shape index (κ2) is 6.31. The van der Waals surface area contributed by atoms with Crippen LogP contribution in [-0.4, -0.2) is 14.0 Å². The third-order valence-electron chi connectivity index (χ3n) is 4.08. The lowest BCUT2D eigenvalue weighted by molar-refractivity contribution is 0.0702. The molecule has 2 aromatic carbocycles. The fraction of sp³-hybridized carbons (Fsp3) is 0.333. The van der Waals surface area contributed by atoms with Crippen molar-refractivity contribution in [2.24, 2.45) is 0 Å². The molecule has 0 aromatic heterocycles. The number of ether oxygens (including phenoxy) is 1.